The molecule has 11 nitrogen and oxygen atoms in total. The van der Waals surface area contributed by atoms with E-state index < -0.39 is 47.4 Å². The standard InChI is InChI=1S/C36H52N4O7/c1-5-12-28(32(42)34(44)37-18-6-2)38-33(43)29-22-27-23-40(29)35(45)31(25-14-8-7-9-15-25)39-30(41)21-24-13-10-16-26(20-24)46-19-11-17-36(3,4)47-27/h6,10,13,16,20,25,27-29,31H,2,5,7-9,11-12,14-15,17-19,21-23H2,1,3-4H3,(H,37,44)(H,38,43)(H,39,41)/t27-,28?,29+,31+/m1/s1. The van der Waals surface area contributed by atoms with Crippen molar-refractivity contribution in [2.24, 2.45) is 5.92 Å². The Hall–Kier alpha value is -3.73. The number of rotatable bonds is 9. The van der Waals surface area contributed by atoms with Crippen molar-refractivity contribution in [2.45, 2.75) is 121 Å². The van der Waals surface area contributed by atoms with Gasteiger partial charge in [-0.15, -0.1) is 6.58 Å². The Morgan fingerprint density at radius 2 is 1.91 bits per heavy atom. The largest absolute Gasteiger partial charge is 0.494 e. The van der Waals surface area contributed by atoms with Crippen LogP contribution in [0.15, 0.2) is 36.9 Å². The predicted octanol–water partition coefficient (Wildman–Crippen LogP) is 3.39. The number of hydrogen-bond acceptors (Lipinski definition) is 7. The minimum absolute atomic E-state index is 0.0694. The number of carbonyl (C=O) groups is 5. The quantitative estimate of drug-likeness (QED) is 0.274. The first-order valence-corrected chi connectivity index (χ1v) is 17.2. The molecule has 0 spiro atoms. The van der Waals surface area contributed by atoms with Crippen LogP contribution >= 0.6 is 0 Å². The van der Waals surface area contributed by atoms with Crippen molar-refractivity contribution in [3.05, 3.63) is 42.5 Å². The summed E-state index contributed by atoms with van der Waals surface area (Å²) < 4.78 is 12.5. The van der Waals surface area contributed by atoms with Gasteiger partial charge in [0.25, 0.3) is 5.91 Å². The second kappa shape index (κ2) is 16.9. The van der Waals surface area contributed by atoms with Gasteiger partial charge in [0.15, 0.2) is 0 Å². The Labute approximate surface area is 278 Å². The topological polar surface area (TPSA) is 143 Å². The molecular formula is C36H52N4O7. The van der Waals surface area contributed by atoms with E-state index in [9.17, 15) is 24.0 Å². The Kier molecular flexibility index (Phi) is 13.0. The number of nitrogens with zero attached hydrogens (tertiary/aromatic N) is 1. The lowest BCUT2D eigenvalue weighted by atomic mass is 9.83. The third kappa shape index (κ3) is 10.1. The van der Waals surface area contributed by atoms with Crippen molar-refractivity contribution < 1.29 is 33.4 Å². The summed E-state index contributed by atoms with van der Waals surface area (Å²) >= 11 is 0. The molecule has 2 heterocycles. The van der Waals surface area contributed by atoms with E-state index >= 15 is 0 Å². The van der Waals surface area contributed by atoms with Crippen LogP contribution in [0, 0.1) is 5.92 Å². The van der Waals surface area contributed by atoms with Crippen LogP contribution in [0.4, 0.5) is 0 Å². The van der Waals surface area contributed by atoms with Gasteiger partial charge in [0.2, 0.25) is 23.5 Å². The van der Waals surface area contributed by atoms with E-state index in [1.54, 1.807) is 0 Å². The average molecular weight is 653 g/mol. The molecule has 258 valence electrons. The van der Waals surface area contributed by atoms with Gasteiger partial charge >= 0.3 is 0 Å². The van der Waals surface area contributed by atoms with Gasteiger partial charge in [-0.05, 0) is 69.6 Å². The summed E-state index contributed by atoms with van der Waals surface area (Å²) in [5, 5.41) is 8.33. The molecule has 3 N–H and O–H groups in total. The summed E-state index contributed by atoms with van der Waals surface area (Å²) in [6.07, 6.45) is 8.15. The summed E-state index contributed by atoms with van der Waals surface area (Å²) in [5.41, 5.74) is 0.218. The molecule has 0 radical (unpaired) electrons. The smallest absolute Gasteiger partial charge is 0.289 e. The number of benzene rings is 1. The predicted molar refractivity (Wildman–Crippen MR) is 178 cm³/mol. The summed E-state index contributed by atoms with van der Waals surface area (Å²) in [7, 11) is 0. The summed E-state index contributed by atoms with van der Waals surface area (Å²) in [5.74, 6) is -2.03. The first kappa shape index (κ1) is 36.1. The second-order valence-electron chi connectivity index (χ2n) is 13.7. The number of fused-ring (bicyclic) bond motifs is 4. The minimum atomic E-state index is -1.04. The van der Waals surface area contributed by atoms with Crippen molar-refractivity contribution >= 4 is 29.4 Å². The molecule has 4 rings (SSSR count). The molecule has 1 aromatic carbocycles. The Balaban J connectivity index is 1.64. The van der Waals surface area contributed by atoms with Gasteiger partial charge in [-0.3, -0.25) is 24.0 Å². The number of ether oxygens (including phenoxy) is 2. The molecule has 2 fully saturated rings. The van der Waals surface area contributed by atoms with Gasteiger partial charge in [-0.1, -0.05) is 50.8 Å². The molecule has 0 aromatic heterocycles. The molecule has 4 amide bonds. The monoisotopic (exact) mass is 652 g/mol. The number of nitrogens with one attached hydrogen (secondary N) is 3. The van der Waals surface area contributed by atoms with E-state index in [4.69, 9.17) is 9.47 Å². The third-order valence-corrected chi connectivity index (χ3v) is 9.33. The number of amides is 4. The first-order valence-electron chi connectivity index (χ1n) is 17.2. The zero-order valence-electron chi connectivity index (χ0n) is 28.2. The van der Waals surface area contributed by atoms with E-state index in [2.05, 4.69) is 22.5 Å². The van der Waals surface area contributed by atoms with Crippen molar-refractivity contribution in [1.82, 2.24) is 20.9 Å². The van der Waals surface area contributed by atoms with Crippen LogP contribution in [0.25, 0.3) is 0 Å². The maximum absolute atomic E-state index is 14.5. The van der Waals surface area contributed by atoms with E-state index in [-0.39, 0.29) is 50.1 Å². The van der Waals surface area contributed by atoms with E-state index in [1.165, 1.54) is 11.0 Å². The van der Waals surface area contributed by atoms with Gasteiger partial charge in [0.1, 0.15) is 17.8 Å². The fourth-order valence-electron chi connectivity index (χ4n) is 6.99. The molecule has 1 unspecified atom stereocenters. The van der Waals surface area contributed by atoms with Gasteiger partial charge in [-0.2, -0.15) is 0 Å². The van der Waals surface area contributed by atoms with Crippen molar-refractivity contribution in [2.75, 3.05) is 19.7 Å². The summed E-state index contributed by atoms with van der Waals surface area (Å²) in [6, 6.07) is 4.67. The van der Waals surface area contributed by atoms with Crippen LogP contribution in [0.2, 0.25) is 0 Å². The van der Waals surface area contributed by atoms with Crippen molar-refractivity contribution in [3.8, 4) is 5.75 Å². The van der Waals surface area contributed by atoms with E-state index in [0.29, 0.717) is 25.2 Å². The normalized spacial score (nSPS) is 24.7. The SMILES string of the molecule is C=CCNC(=O)C(=O)C(CCC)NC(=O)[C@@H]1C[C@@H]2CN1C(=O)[C@H](C1CCCCC1)NC(=O)Cc1cccc(c1)OCCCC(C)(C)O2. The first-order chi connectivity index (χ1) is 22.5. The molecule has 4 atom stereocenters. The Morgan fingerprint density at radius 3 is 2.64 bits per heavy atom. The molecule has 4 bridgehead atoms. The van der Waals surface area contributed by atoms with Crippen LogP contribution in [0.5, 0.6) is 5.75 Å². The summed E-state index contributed by atoms with van der Waals surface area (Å²) in [6.45, 7) is 10.2. The number of Topliss-reactive ketones (excluding diaryl/α,β-unsaturated/α-hetero) is 1. The Bertz CT molecular complexity index is 1290. The molecule has 2 aliphatic heterocycles. The van der Waals surface area contributed by atoms with E-state index in [1.807, 2.05) is 45.0 Å². The van der Waals surface area contributed by atoms with Gasteiger partial charge in [0, 0.05) is 19.5 Å². The van der Waals surface area contributed by atoms with Crippen LogP contribution in [0.3, 0.4) is 0 Å². The molecule has 1 saturated heterocycles. The van der Waals surface area contributed by atoms with Crippen LogP contribution in [-0.2, 0) is 35.1 Å². The van der Waals surface area contributed by atoms with Crippen molar-refractivity contribution in [1.29, 1.82) is 0 Å². The van der Waals surface area contributed by atoms with Crippen LogP contribution in [-0.4, -0.2) is 83.8 Å². The van der Waals surface area contributed by atoms with Crippen LogP contribution < -0.4 is 20.7 Å². The zero-order valence-corrected chi connectivity index (χ0v) is 28.2. The maximum Gasteiger partial charge on any atom is 0.289 e. The highest BCUT2D eigenvalue weighted by atomic mass is 16.5. The second-order valence-corrected chi connectivity index (χ2v) is 13.7. The highest BCUT2D eigenvalue weighted by Gasteiger charge is 2.46. The number of ketones is 1. The lowest BCUT2D eigenvalue weighted by molar-refractivity contribution is -0.144. The molecular weight excluding hydrogens is 600 g/mol. The highest BCUT2D eigenvalue weighted by Crippen LogP contribution is 2.32. The highest BCUT2D eigenvalue weighted by molar-refractivity contribution is 6.38. The molecule has 47 heavy (non-hydrogen) atoms. The molecule has 1 saturated carbocycles. The lowest BCUT2D eigenvalue weighted by Gasteiger charge is -2.35. The summed E-state index contributed by atoms with van der Waals surface area (Å²) in [4.78, 5) is 69.0. The zero-order chi connectivity index (χ0) is 34.0. The van der Waals surface area contributed by atoms with E-state index in [0.717, 1.165) is 44.1 Å². The lowest BCUT2D eigenvalue weighted by Crippen LogP contribution is -2.58. The van der Waals surface area contributed by atoms with Gasteiger partial charge in [0.05, 0.1) is 30.8 Å². The number of carbonyl (C=O) groups excluding carboxylic acids is 5. The molecule has 3 aliphatic rings. The maximum atomic E-state index is 14.5. The fourth-order valence-corrected chi connectivity index (χ4v) is 6.99. The molecule has 1 aromatic rings. The molecule has 1 aliphatic carbocycles. The van der Waals surface area contributed by atoms with Crippen molar-refractivity contribution in [3.63, 3.8) is 0 Å². The van der Waals surface area contributed by atoms with Gasteiger partial charge < -0.3 is 30.3 Å². The average Bonchev–Trinajstić information content (AvgIpc) is 3.47. The Morgan fingerprint density at radius 1 is 1.15 bits per heavy atom. The number of hydrogen-bond donors (Lipinski definition) is 3. The van der Waals surface area contributed by atoms with Gasteiger partial charge in [-0.25, -0.2) is 0 Å². The minimum Gasteiger partial charge on any atom is -0.494 e. The molecule has 11 heteroatoms. The third-order valence-electron chi connectivity index (χ3n) is 9.33. The van der Waals surface area contributed by atoms with Crippen LogP contribution in [0.1, 0.15) is 90.5 Å². The fraction of sp³-hybridized carbons (Fsp3) is 0.639.